The molecule has 0 aliphatic carbocycles. The van der Waals surface area contributed by atoms with Gasteiger partial charge in [-0.1, -0.05) is 5.16 Å². The van der Waals surface area contributed by atoms with Crippen LogP contribution in [-0.2, 0) is 12.1 Å². The average Bonchev–Trinajstić information content (AvgIpc) is 2.74. The molecule has 2 aromatic heterocycles. The van der Waals surface area contributed by atoms with Crippen LogP contribution < -0.4 is 5.73 Å². The minimum absolute atomic E-state index is 0.411. The molecule has 0 aliphatic heterocycles. The summed E-state index contributed by atoms with van der Waals surface area (Å²) in [6.07, 6.45) is 3.53. The Morgan fingerprint density at radius 2 is 2.25 bits per heavy atom. The highest BCUT2D eigenvalue weighted by molar-refractivity contribution is 5.12. The maximum Gasteiger partial charge on any atom is 0.156 e. The van der Waals surface area contributed by atoms with Gasteiger partial charge < -0.3 is 14.8 Å². The van der Waals surface area contributed by atoms with Crippen molar-refractivity contribution in [3.05, 3.63) is 35.7 Å². The lowest BCUT2D eigenvalue weighted by Crippen LogP contribution is -2.31. The number of aromatic nitrogens is 3. The van der Waals surface area contributed by atoms with Gasteiger partial charge in [-0.05, 0) is 20.8 Å². The molecule has 0 atom stereocenters. The zero-order valence-electron chi connectivity index (χ0n) is 9.77. The van der Waals surface area contributed by atoms with Crippen LogP contribution in [0.4, 0.5) is 0 Å². The van der Waals surface area contributed by atoms with Crippen molar-refractivity contribution in [1.29, 1.82) is 0 Å². The molecular weight excluding hydrogens is 204 g/mol. The second kappa shape index (κ2) is 3.75. The van der Waals surface area contributed by atoms with Crippen molar-refractivity contribution in [3.8, 4) is 0 Å². The molecule has 5 heteroatoms. The van der Waals surface area contributed by atoms with Crippen LogP contribution in [0.3, 0.4) is 0 Å². The maximum atomic E-state index is 6.05. The molecule has 0 aromatic carbocycles. The first kappa shape index (κ1) is 10.9. The third-order valence-electron chi connectivity index (χ3n) is 2.38. The number of hydrogen-bond donors (Lipinski definition) is 1. The summed E-state index contributed by atoms with van der Waals surface area (Å²) in [6, 6.07) is 1.91. The van der Waals surface area contributed by atoms with E-state index in [4.69, 9.17) is 10.3 Å². The zero-order valence-corrected chi connectivity index (χ0v) is 9.77. The van der Waals surface area contributed by atoms with Crippen LogP contribution in [0.1, 0.15) is 31.0 Å². The van der Waals surface area contributed by atoms with Crippen molar-refractivity contribution in [2.75, 3.05) is 0 Å². The van der Waals surface area contributed by atoms with Crippen LogP contribution in [0.15, 0.2) is 23.1 Å². The number of imidazole rings is 1. The van der Waals surface area contributed by atoms with Crippen molar-refractivity contribution >= 4 is 0 Å². The van der Waals surface area contributed by atoms with Crippen LogP contribution >= 0.6 is 0 Å². The highest BCUT2D eigenvalue weighted by atomic mass is 16.5. The van der Waals surface area contributed by atoms with Crippen LogP contribution in [0.5, 0.6) is 0 Å². The van der Waals surface area contributed by atoms with E-state index in [0.29, 0.717) is 6.54 Å². The molecule has 0 saturated heterocycles. The monoisotopic (exact) mass is 220 g/mol. The number of aryl methyl sites for hydroxylation is 1. The maximum absolute atomic E-state index is 6.05. The first-order valence-corrected chi connectivity index (χ1v) is 5.18. The van der Waals surface area contributed by atoms with Gasteiger partial charge in [-0.3, -0.25) is 0 Å². The summed E-state index contributed by atoms with van der Waals surface area (Å²) in [5, 5.41) is 3.85. The van der Waals surface area contributed by atoms with Gasteiger partial charge in [0.05, 0.1) is 29.8 Å². The molecule has 5 nitrogen and oxygen atoms in total. The fourth-order valence-electron chi connectivity index (χ4n) is 1.64. The molecule has 16 heavy (non-hydrogen) atoms. The molecule has 2 N–H and O–H groups in total. The second-order valence-corrected chi connectivity index (χ2v) is 4.56. The minimum atomic E-state index is -0.411. The normalized spacial score (nSPS) is 12.0. The molecule has 0 unspecified atom stereocenters. The fourth-order valence-corrected chi connectivity index (χ4v) is 1.64. The van der Waals surface area contributed by atoms with Gasteiger partial charge in [-0.15, -0.1) is 0 Å². The lowest BCUT2D eigenvalue weighted by molar-refractivity contribution is 0.367. The third kappa shape index (κ3) is 2.14. The van der Waals surface area contributed by atoms with E-state index in [0.717, 1.165) is 17.1 Å². The molecule has 0 fully saturated rings. The summed E-state index contributed by atoms with van der Waals surface area (Å²) in [5.41, 5.74) is 7.49. The van der Waals surface area contributed by atoms with Gasteiger partial charge in [-0.25, -0.2) is 4.98 Å². The molecular formula is C11H16N4O. The molecule has 0 amide bonds. The van der Waals surface area contributed by atoms with Gasteiger partial charge in [0.25, 0.3) is 0 Å². The van der Waals surface area contributed by atoms with Crippen molar-refractivity contribution in [2.45, 2.75) is 32.9 Å². The lowest BCUT2D eigenvalue weighted by atomic mass is 10.0. The van der Waals surface area contributed by atoms with Crippen molar-refractivity contribution in [3.63, 3.8) is 0 Å². The standard InChI is InChI=1S/C11H16N4O/c1-8-4-9(16-14-8)6-15-7-13-5-10(15)11(2,3)12/h4-5,7H,6,12H2,1-3H3. The summed E-state index contributed by atoms with van der Waals surface area (Å²) in [7, 11) is 0. The number of rotatable bonds is 3. The smallest absolute Gasteiger partial charge is 0.156 e. The molecule has 0 aliphatic rings. The Morgan fingerprint density at radius 3 is 2.81 bits per heavy atom. The largest absolute Gasteiger partial charge is 0.359 e. The lowest BCUT2D eigenvalue weighted by Gasteiger charge is -2.19. The van der Waals surface area contributed by atoms with Crippen LogP contribution in [0.25, 0.3) is 0 Å². The summed E-state index contributed by atoms with van der Waals surface area (Å²) in [6.45, 7) is 6.41. The summed E-state index contributed by atoms with van der Waals surface area (Å²) in [4.78, 5) is 4.11. The molecule has 2 aromatic rings. The topological polar surface area (TPSA) is 69.9 Å². The van der Waals surface area contributed by atoms with Gasteiger partial charge in [0.15, 0.2) is 5.76 Å². The Hall–Kier alpha value is -1.62. The van der Waals surface area contributed by atoms with Crippen LogP contribution in [0.2, 0.25) is 0 Å². The minimum Gasteiger partial charge on any atom is -0.359 e. The molecule has 0 saturated carbocycles. The van der Waals surface area contributed by atoms with E-state index in [1.807, 2.05) is 31.4 Å². The highest BCUT2D eigenvalue weighted by Gasteiger charge is 2.19. The summed E-state index contributed by atoms with van der Waals surface area (Å²) in [5.74, 6) is 0.806. The molecule has 2 heterocycles. The predicted octanol–water partition coefficient (Wildman–Crippen LogP) is 1.42. The van der Waals surface area contributed by atoms with Crippen LogP contribution in [-0.4, -0.2) is 14.7 Å². The van der Waals surface area contributed by atoms with Crippen molar-refractivity contribution in [1.82, 2.24) is 14.7 Å². The quantitative estimate of drug-likeness (QED) is 0.849. The van der Waals surface area contributed by atoms with E-state index in [1.54, 1.807) is 12.5 Å². The van der Waals surface area contributed by atoms with E-state index in [9.17, 15) is 0 Å². The summed E-state index contributed by atoms with van der Waals surface area (Å²) < 4.78 is 7.14. The van der Waals surface area contributed by atoms with Crippen molar-refractivity contribution in [2.24, 2.45) is 5.73 Å². The number of nitrogens with two attached hydrogens (primary N) is 1. The Morgan fingerprint density at radius 1 is 1.50 bits per heavy atom. The van der Waals surface area contributed by atoms with E-state index in [1.165, 1.54) is 0 Å². The first-order valence-electron chi connectivity index (χ1n) is 5.18. The Labute approximate surface area is 94.3 Å². The van der Waals surface area contributed by atoms with Gasteiger partial charge in [0, 0.05) is 12.3 Å². The van der Waals surface area contributed by atoms with E-state index < -0.39 is 5.54 Å². The Bertz CT molecular complexity index is 478. The zero-order chi connectivity index (χ0) is 11.8. The summed E-state index contributed by atoms with van der Waals surface area (Å²) >= 11 is 0. The van der Waals surface area contributed by atoms with Gasteiger partial charge in [-0.2, -0.15) is 0 Å². The Balaban J connectivity index is 2.25. The highest BCUT2D eigenvalue weighted by Crippen LogP contribution is 2.17. The van der Waals surface area contributed by atoms with Crippen LogP contribution in [0, 0.1) is 6.92 Å². The number of nitrogens with zero attached hydrogens (tertiary/aromatic N) is 3. The molecule has 2 rings (SSSR count). The van der Waals surface area contributed by atoms with Gasteiger partial charge in [0.2, 0.25) is 0 Å². The number of hydrogen-bond acceptors (Lipinski definition) is 4. The fraction of sp³-hybridized carbons (Fsp3) is 0.455. The van der Waals surface area contributed by atoms with E-state index >= 15 is 0 Å². The Kier molecular flexibility index (Phi) is 2.55. The van der Waals surface area contributed by atoms with Gasteiger partial charge >= 0.3 is 0 Å². The van der Waals surface area contributed by atoms with E-state index in [2.05, 4.69) is 10.1 Å². The van der Waals surface area contributed by atoms with Gasteiger partial charge in [0.1, 0.15) is 0 Å². The average molecular weight is 220 g/mol. The first-order chi connectivity index (χ1) is 7.47. The molecule has 0 bridgehead atoms. The third-order valence-corrected chi connectivity index (χ3v) is 2.38. The van der Waals surface area contributed by atoms with E-state index in [-0.39, 0.29) is 0 Å². The SMILES string of the molecule is Cc1cc(Cn2cncc2C(C)(C)N)on1. The molecule has 0 radical (unpaired) electrons. The predicted molar refractivity (Wildman–Crippen MR) is 59.8 cm³/mol. The second-order valence-electron chi connectivity index (χ2n) is 4.56. The molecule has 86 valence electrons. The molecule has 0 spiro atoms. The van der Waals surface area contributed by atoms with Crippen molar-refractivity contribution < 1.29 is 4.52 Å².